The Kier molecular flexibility index (Phi) is 5.15. The Bertz CT molecular complexity index is 566. The van der Waals surface area contributed by atoms with Crippen molar-refractivity contribution in [1.82, 2.24) is 15.5 Å². The van der Waals surface area contributed by atoms with Gasteiger partial charge in [0.25, 0.3) is 0 Å². The second-order valence-electron chi connectivity index (χ2n) is 5.18. The summed E-state index contributed by atoms with van der Waals surface area (Å²) in [5.74, 6) is 1.23. The molecule has 0 spiro atoms. The van der Waals surface area contributed by atoms with Gasteiger partial charge in [-0.1, -0.05) is 25.4 Å². The number of nitrogens with one attached hydrogen (secondary N) is 1. The van der Waals surface area contributed by atoms with E-state index in [-0.39, 0.29) is 0 Å². The molecule has 20 heavy (non-hydrogen) atoms. The second-order valence-corrected chi connectivity index (χ2v) is 5.58. The zero-order valence-electron chi connectivity index (χ0n) is 12.1. The predicted molar refractivity (Wildman–Crippen MR) is 80.9 cm³/mol. The molecule has 0 aliphatic rings. The van der Waals surface area contributed by atoms with Crippen LogP contribution < -0.4 is 5.32 Å². The SMILES string of the molecule is Cc1cc(-c2nnc(CCCNC(C)C)o2)ccc1Cl. The quantitative estimate of drug-likeness (QED) is 0.826. The van der Waals surface area contributed by atoms with Crippen molar-refractivity contribution in [3.63, 3.8) is 0 Å². The highest BCUT2D eigenvalue weighted by Crippen LogP contribution is 2.23. The second kappa shape index (κ2) is 6.86. The third-order valence-electron chi connectivity index (χ3n) is 2.99. The summed E-state index contributed by atoms with van der Waals surface area (Å²) in [6.45, 7) is 7.18. The van der Waals surface area contributed by atoms with Gasteiger partial charge in [-0.2, -0.15) is 0 Å². The van der Waals surface area contributed by atoms with E-state index in [1.54, 1.807) is 0 Å². The van der Waals surface area contributed by atoms with Crippen molar-refractivity contribution in [2.45, 2.75) is 39.7 Å². The molecule has 1 aromatic carbocycles. The molecular formula is C15H20ClN3O. The molecule has 4 nitrogen and oxygen atoms in total. The molecule has 0 radical (unpaired) electrons. The first-order valence-corrected chi connectivity index (χ1v) is 7.26. The molecule has 1 heterocycles. The fraction of sp³-hybridized carbons (Fsp3) is 0.467. The Morgan fingerprint density at radius 1 is 1.30 bits per heavy atom. The van der Waals surface area contributed by atoms with E-state index in [1.807, 2.05) is 25.1 Å². The van der Waals surface area contributed by atoms with Crippen molar-refractivity contribution >= 4 is 11.6 Å². The molecule has 0 aliphatic carbocycles. The van der Waals surface area contributed by atoms with Gasteiger partial charge in [-0.15, -0.1) is 10.2 Å². The molecule has 0 saturated heterocycles. The van der Waals surface area contributed by atoms with Crippen LogP contribution in [0.25, 0.3) is 11.5 Å². The van der Waals surface area contributed by atoms with E-state index in [4.69, 9.17) is 16.0 Å². The van der Waals surface area contributed by atoms with Gasteiger partial charge in [0.2, 0.25) is 11.8 Å². The van der Waals surface area contributed by atoms with Crippen LogP contribution in [0.15, 0.2) is 22.6 Å². The van der Waals surface area contributed by atoms with Gasteiger partial charge in [-0.3, -0.25) is 0 Å². The number of rotatable bonds is 6. The first-order valence-electron chi connectivity index (χ1n) is 6.88. The summed E-state index contributed by atoms with van der Waals surface area (Å²) < 4.78 is 5.68. The molecule has 0 aliphatic heterocycles. The fourth-order valence-electron chi connectivity index (χ4n) is 1.88. The third-order valence-corrected chi connectivity index (χ3v) is 3.42. The van der Waals surface area contributed by atoms with Crippen molar-refractivity contribution in [2.75, 3.05) is 6.54 Å². The van der Waals surface area contributed by atoms with Crippen molar-refractivity contribution in [3.8, 4) is 11.5 Å². The maximum Gasteiger partial charge on any atom is 0.247 e. The number of halogens is 1. The molecule has 0 saturated carbocycles. The van der Waals surface area contributed by atoms with Crippen LogP contribution in [0.3, 0.4) is 0 Å². The van der Waals surface area contributed by atoms with Gasteiger partial charge in [0, 0.05) is 23.0 Å². The van der Waals surface area contributed by atoms with Crippen molar-refractivity contribution in [1.29, 1.82) is 0 Å². The molecule has 0 amide bonds. The van der Waals surface area contributed by atoms with Crippen LogP contribution in [-0.2, 0) is 6.42 Å². The van der Waals surface area contributed by atoms with Crippen molar-refractivity contribution in [2.24, 2.45) is 0 Å². The smallest absolute Gasteiger partial charge is 0.247 e. The third kappa shape index (κ3) is 4.05. The van der Waals surface area contributed by atoms with Crippen LogP contribution in [0.1, 0.15) is 31.7 Å². The highest BCUT2D eigenvalue weighted by Gasteiger charge is 2.09. The lowest BCUT2D eigenvalue weighted by atomic mass is 10.1. The normalized spacial score (nSPS) is 11.2. The lowest BCUT2D eigenvalue weighted by Gasteiger charge is -2.05. The van der Waals surface area contributed by atoms with Crippen LogP contribution in [0, 0.1) is 6.92 Å². The van der Waals surface area contributed by atoms with Crippen LogP contribution in [0.2, 0.25) is 5.02 Å². The Morgan fingerprint density at radius 2 is 2.10 bits per heavy atom. The number of hydrogen-bond donors (Lipinski definition) is 1. The molecule has 0 unspecified atom stereocenters. The van der Waals surface area contributed by atoms with E-state index in [2.05, 4.69) is 29.4 Å². The molecule has 0 bridgehead atoms. The Morgan fingerprint density at radius 3 is 2.80 bits per heavy atom. The van der Waals surface area contributed by atoms with Gasteiger partial charge in [-0.25, -0.2) is 0 Å². The van der Waals surface area contributed by atoms with Crippen LogP contribution in [0.5, 0.6) is 0 Å². The summed E-state index contributed by atoms with van der Waals surface area (Å²) in [5, 5.41) is 12.3. The summed E-state index contributed by atoms with van der Waals surface area (Å²) in [6, 6.07) is 6.21. The summed E-state index contributed by atoms with van der Waals surface area (Å²) in [7, 11) is 0. The van der Waals surface area contributed by atoms with Crippen LogP contribution >= 0.6 is 11.6 Å². The zero-order valence-corrected chi connectivity index (χ0v) is 12.9. The highest BCUT2D eigenvalue weighted by molar-refractivity contribution is 6.31. The number of aryl methyl sites for hydroxylation is 2. The molecule has 2 rings (SSSR count). The number of benzene rings is 1. The first-order chi connectivity index (χ1) is 9.56. The van der Waals surface area contributed by atoms with E-state index in [0.717, 1.165) is 35.5 Å². The summed E-state index contributed by atoms with van der Waals surface area (Å²) in [6.07, 6.45) is 1.78. The largest absolute Gasteiger partial charge is 0.421 e. The molecule has 0 fully saturated rings. The van der Waals surface area contributed by atoms with Gasteiger partial charge in [0.15, 0.2) is 0 Å². The standard InChI is InChI=1S/C15H20ClN3O/c1-10(2)17-8-4-5-14-18-19-15(20-14)12-6-7-13(16)11(3)9-12/h6-7,9-10,17H,4-5,8H2,1-3H3. The summed E-state index contributed by atoms with van der Waals surface area (Å²) in [5.41, 5.74) is 1.91. The van der Waals surface area contributed by atoms with Gasteiger partial charge in [0.05, 0.1) is 0 Å². The van der Waals surface area contributed by atoms with E-state index in [9.17, 15) is 0 Å². The van der Waals surface area contributed by atoms with Gasteiger partial charge < -0.3 is 9.73 Å². The fourth-order valence-corrected chi connectivity index (χ4v) is 2.00. The highest BCUT2D eigenvalue weighted by atomic mass is 35.5. The summed E-state index contributed by atoms with van der Waals surface area (Å²) >= 11 is 6.01. The summed E-state index contributed by atoms with van der Waals surface area (Å²) in [4.78, 5) is 0. The number of hydrogen-bond acceptors (Lipinski definition) is 4. The van der Waals surface area contributed by atoms with E-state index >= 15 is 0 Å². The van der Waals surface area contributed by atoms with Gasteiger partial charge in [-0.05, 0) is 43.7 Å². The average molecular weight is 294 g/mol. The van der Waals surface area contributed by atoms with E-state index in [1.165, 1.54) is 0 Å². The minimum Gasteiger partial charge on any atom is -0.421 e. The molecular weight excluding hydrogens is 274 g/mol. The van der Waals surface area contributed by atoms with Gasteiger partial charge in [0.1, 0.15) is 0 Å². The lowest BCUT2D eigenvalue weighted by Crippen LogP contribution is -2.23. The Balaban J connectivity index is 1.96. The van der Waals surface area contributed by atoms with Crippen LogP contribution in [-0.4, -0.2) is 22.8 Å². The molecule has 0 atom stereocenters. The predicted octanol–water partition coefficient (Wildman–Crippen LogP) is 3.63. The molecule has 1 N–H and O–H groups in total. The number of aromatic nitrogens is 2. The topological polar surface area (TPSA) is 51.0 Å². The minimum atomic E-state index is 0.505. The minimum absolute atomic E-state index is 0.505. The molecule has 1 aromatic heterocycles. The Hall–Kier alpha value is -1.39. The maximum atomic E-state index is 6.01. The lowest BCUT2D eigenvalue weighted by molar-refractivity contribution is 0.484. The first kappa shape index (κ1) is 15.0. The molecule has 108 valence electrons. The molecule has 5 heteroatoms. The maximum absolute atomic E-state index is 6.01. The van der Waals surface area contributed by atoms with Crippen molar-refractivity contribution in [3.05, 3.63) is 34.7 Å². The van der Waals surface area contributed by atoms with Gasteiger partial charge >= 0.3 is 0 Å². The average Bonchev–Trinajstić information content (AvgIpc) is 2.86. The number of nitrogens with zero attached hydrogens (tertiary/aromatic N) is 2. The monoisotopic (exact) mass is 293 g/mol. The van der Waals surface area contributed by atoms with Crippen molar-refractivity contribution < 1.29 is 4.42 Å². The Labute approximate surface area is 124 Å². The van der Waals surface area contributed by atoms with E-state index in [0.29, 0.717) is 17.8 Å². The molecule has 2 aromatic rings. The zero-order chi connectivity index (χ0) is 14.5. The van der Waals surface area contributed by atoms with Crippen LogP contribution in [0.4, 0.5) is 0 Å². The van der Waals surface area contributed by atoms with E-state index < -0.39 is 0 Å².